The maximum Gasteiger partial charge on any atom is 0.140 e. The van der Waals surface area contributed by atoms with Crippen LogP contribution in [0.5, 0.6) is 5.75 Å². The van der Waals surface area contributed by atoms with Crippen LogP contribution >= 0.6 is 0 Å². The van der Waals surface area contributed by atoms with E-state index < -0.39 is 0 Å². The van der Waals surface area contributed by atoms with E-state index in [1.54, 1.807) is 12.3 Å². The zero-order chi connectivity index (χ0) is 11.5. The van der Waals surface area contributed by atoms with Crippen LogP contribution in [0, 0.1) is 0 Å². The van der Waals surface area contributed by atoms with Gasteiger partial charge in [-0.3, -0.25) is 0 Å². The van der Waals surface area contributed by atoms with Gasteiger partial charge in [-0.1, -0.05) is 12.1 Å². The third kappa shape index (κ3) is 1.69. The molecule has 1 aromatic carbocycles. The predicted molar refractivity (Wildman–Crippen MR) is 67.0 cm³/mol. The van der Waals surface area contributed by atoms with Crippen LogP contribution in [-0.4, -0.2) is 23.2 Å². The smallest absolute Gasteiger partial charge is 0.140 e. The van der Waals surface area contributed by atoms with Crippen LogP contribution in [0.1, 0.15) is 13.8 Å². The Morgan fingerprint density at radius 2 is 1.94 bits per heavy atom. The van der Waals surface area contributed by atoms with Crippen molar-refractivity contribution in [3.8, 4) is 5.75 Å². The summed E-state index contributed by atoms with van der Waals surface area (Å²) in [5.74, 6) is 1.16. The summed E-state index contributed by atoms with van der Waals surface area (Å²) in [6.45, 7) is 5.95. The zero-order valence-corrected chi connectivity index (χ0v) is 9.64. The van der Waals surface area contributed by atoms with Crippen molar-refractivity contribution in [2.45, 2.75) is 13.8 Å². The van der Waals surface area contributed by atoms with Gasteiger partial charge in [-0.2, -0.15) is 0 Å². The number of hydrogen-bond acceptors (Lipinski definition) is 3. The first-order chi connectivity index (χ1) is 7.77. The Morgan fingerprint density at radius 1 is 1.19 bits per heavy atom. The van der Waals surface area contributed by atoms with Gasteiger partial charge in [0.25, 0.3) is 0 Å². The molecule has 1 aromatic heterocycles. The van der Waals surface area contributed by atoms with E-state index in [4.69, 9.17) is 0 Å². The number of aromatic hydroxyl groups is 1. The molecule has 3 nitrogen and oxygen atoms in total. The summed E-state index contributed by atoms with van der Waals surface area (Å²) in [5, 5.41) is 11.8. The Morgan fingerprint density at radius 3 is 2.62 bits per heavy atom. The second kappa shape index (κ2) is 4.39. The van der Waals surface area contributed by atoms with E-state index in [2.05, 4.69) is 23.7 Å². The van der Waals surface area contributed by atoms with Gasteiger partial charge in [0, 0.05) is 19.3 Å². The minimum absolute atomic E-state index is 0.299. The lowest BCUT2D eigenvalue weighted by Crippen LogP contribution is -2.23. The van der Waals surface area contributed by atoms with Crippen molar-refractivity contribution in [2.24, 2.45) is 0 Å². The Labute approximate surface area is 95.3 Å². The van der Waals surface area contributed by atoms with Gasteiger partial charge in [0.15, 0.2) is 0 Å². The van der Waals surface area contributed by atoms with Crippen LogP contribution in [-0.2, 0) is 0 Å². The number of phenolic OH excluding ortho intramolecular Hbond substituents is 1. The molecule has 0 unspecified atom stereocenters. The summed E-state index contributed by atoms with van der Waals surface area (Å²) in [6.07, 6.45) is 1.79. The maximum absolute atomic E-state index is 9.93. The quantitative estimate of drug-likeness (QED) is 0.857. The number of pyridine rings is 1. The molecule has 0 fully saturated rings. The first-order valence-corrected chi connectivity index (χ1v) is 5.59. The van der Waals surface area contributed by atoms with Gasteiger partial charge in [-0.05, 0) is 31.4 Å². The van der Waals surface area contributed by atoms with Gasteiger partial charge >= 0.3 is 0 Å². The minimum Gasteiger partial charge on any atom is -0.507 e. The van der Waals surface area contributed by atoms with Crippen molar-refractivity contribution >= 4 is 16.6 Å². The lowest BCUT2D eigenvalue weighted by atomic mass is 10.1. The molecule has 0 saturated heterocycles. The SMILES string of the molecule is CCN(CC)c1nccc2cccc(O)c12. The van der Waals surface area contributed by atoms with Gasteiger partial charge < -0.3 is 10.0 Å². The van der Waals surface area contributed by atoms with Crippen molar-refractivity contribution in [3.05, 3.63) is 30.5 Å². The lowest BCUT2D eigenvalue weighted by molar-refractivity contribution is 0.481. The number of hydrogen-bond donors (Lipinski definition) is 1. The van der Waals surface area contributed by atoms with E-state index in [0.29, 0.717) is 5.75 Å². The van der Waals surface area contributed by atoms with Crippen LogP contribution in [0.15, 0.2) is 30.5 Å². The standard InChI is InChI=1S/C13H16N2O/c1-3-15(4-2)13-12-10(8-9-14-13)6-5-7-11(12)16/h5-9,16H,3-4H2,1-2H3. The van der Waals surface area contributed by atoms with E-state index in [-0.39, 0.29) is 0 Å². The molecule has 1 N–H and O–H groups in total. The molecule has 0 spiro atoms. The summed E-state index contributed by atoms with van der Waals surface area (Å²) in [4.78, 5) is 6.52. The Balaban J connectivity index is 2.69. The fourth-order valence-corrected chi connectivity index (χ4v) is 1.96. The molecule has 0 aliphatic rings. The largest absolute Gasteiger partial charge is 0.507 e. The number of fused-ring (bicyclic) bond motifs is 1. The van der Waals surface area contributed by atoms with Crippen LogP contribution in [0.2, 0.25) is 0 Å². The molecule has 0 aliphatic carbocycles. The molecule has 0 amide bonds. The number of nitrogens with zero attached hydrogens (tertiary/aromatic N) is 2. The van der Waals surface area contributed by atoms with E-state index in [0.717, 1.165) is 29.7 Å². The molecule has 2 aromatic rings. The van der Waals surface area contributed by atoms with E-state index in [1.807, 2.05) is 18.2 Å². The first-order valence-electron chi connectivity index (χ1n) is 5.59. The molecular weight excluding hydrogens is 200 g/mol. The van der Waals surface area contributed by atoms with Gasteiger partial charge in [-0.25, -0.2) is 4.98 Å². The van der Waals surface area contributed by atoms with E-state index in [9.17, 15) is 5.11 Å². The highest BCUT2D eigenvalue weighted by Crippen LogP contribution is 2.31. The number of aromatic nitrogens is 1. The maximum atomic E-state index is 9.93. The summed E-state index contributed by atoms with van der Waals surface area (Å²) in [7, 11) is 0. The molecule has 0 aliphatic heterocycles. The molecule has 1 heterocycles. The summed E-state index contributed by atoms with van der Waals surface area (Å²) in [6, 6.07) is 7.46. The van der Waals surface area contributed by atoms with Crippen molar-refractivity contribution in [2.75, 3.05) is 18.0 Å². The van der Waals surface area contributed by atoms with Gasteiger partial charge in [0.1, 0.15) is 11.6 Å². The van der Waals surface area contributed by atoms with Crippen molar-refractivity contribution in [3.63, 3.8) is 0 Å². The molecule has 0 bridgehead atoms. The normalized spacial score (nSPS) is 10.6. The average molecular weight is 216 g/mol. The second-order valence-electron chi connectivity index (χ2n) is 3.68. The number of phenols is 1. The summed E-state index contributed by atoms with van der Waals surface area (Å²) >= 11 is 0. The molecule has 84 valence electrons. The lowest BCUT2D eigenvalue weighted by Gasteiger charge is -2.21. The molecular formula is C13H16N2O. The molecule has 0 saturated carbocycles. The van der Waals surface area contributed by atoms with E-state index in [1.165, 1.54) is 0 Å². The topological polar surface area (TPSA) is 36.4 Å². The molecule has 2 rings (SSSR count). The third-order valence-electron chi connectivity index (χ3n) is 2.81. The second-order valence-corrected chi connectivity index (χ2v) is 3.68. The first kappa shape index (κ1) is 10.7. The summed E-state index contributed by atoms with van der Waals surface area (Å²) < 4.78 is 0. The average Bonchev–Trinajstić information content (AvgIpc) is 2.31. The van der Waals surface area contributed by atoms with Crippen molar-refractivity contribution < 1.29 is 5.11 Å². The van der Waals surface area contributed by atoms with Crippen LogP contribution in [0.3, 0.4) is 0 Å². The fourth-order valence-electron chi connectivity index (χ4n) is 1.96. The summed E-state index contributed by atoms with van der Waals surface area (Å²) in [5.41, 5.74) is 0. The van der Waals surface area contributed by atoms with Gasteiger partial charge in [-0.15, -0.1) is 0 Å². The van der Waals surface area contributed by atoms with Gasteiger partial charge in [0.05, 0.1) is 5.39 Å². The number of benzene rings is 1. The third-order valence-corrected chi connectivity index (χ3v) is 2.81. The number of anilines is 1. The molecule has 0 radical (unpaired) electrons. The Hall–Kier alpha value is -1.77. The monoisotopic (exact) mass is 216 g/mol. The minimum atomic E-state index is 0.299. The van der Waals surface area contributed by atoms with Crippen molar-refractivity contribution in [1.29, 1.82) is 0 Å². The zero-order valence-electron chi connectivity index (χ0n) is 9.64. The predicted octanol–water partition coefficient (Wildman–Crippen LogP) is 2.79. The molecule has 3 heteroatoms. The van der Waals surface area contributed by atoms with E-state index >= 15 is 0 Å². The van der Waals surface area contributed by atoms with Crippen LogP contribution < -0.4 is 4.90 Å². The fraction of sp³-hybridized carbons (Fsp3) is 0.308. The highest BCUT2D eigenvalue weighted by molar-refractivity contribution is 5.96. The highest BCUT2D eigenvalue weighted by Gasteiger charge is 2.11. The molecule has 16 heavy (non-hydrogen) atoms. The van der Waals surface area contributed by atoms with Crippen LogP contribution in [0.4, 0.5) is 5.82 Å². The Kier molecular flexibility index (Phi) is 2.95. The highest BCUT2D eigenvalue weighted by atomic mass is 16.3. The molecule has 0 atom stereocenters. The van der Waals surface area contributed by atoms with Crippen LogP contribution in [0.25, 0.3) is 10.8 Å². The number of rotatable bonds is 3. The van der Waals surface area contributed by atoms with Crippen molar-refractivity contribution in [1.82, 2.24) is 4.98 Å². The Bertz CT molecular complexity index is 487. The van der Waals surface area contributed by atoms with Gasteiger partial charge in [0.2, 0.25) is 0 Å².